The van der Waals surface area contributed by atoms with Gasteiger partial charge in [0.25, 0.3) is 0 Å². The minimum absolute atomic E-state index is 0.478. The highest BCUT2D eigenvalue weighted by atomic mass is 16.5. The zero-order chi connectivity index (χ0) is 12.0. The normalized spacial score (nSPS) is 11.9. The molecule has 16 heavy (non-hydrogen) atoms. The summed E-state index contributed by atoms with van der Waals surface area (Å²) in [5.41, 5.74) is 2.73. The Morgan fingerprint density at radius 1 is 1.38 bits per heavy atom. The van der Waals surface area contributed by atoms with E-state index in [4.69, 9.17) is 11.2 Å². The second-order valence-corrected chi connectivity index (χ2v) is 3.93. The molecule has 0 amide bonds. The van der Waals surface area contributed by atoms with Crippen LogP contribution in [0.2, 0.25) is 0 Å². The number of benzene rings is 1. The highest BCUT2D eigenvalue weighted by Gasteiger charge is 2.12. The second kappa shape index (κ2) is 6.23. The first-order valence-electron chi connectivity index (χ1n) is 5.87. The minimum Gasteiger partial charge on any atom is -0.497 e. The van der Waals surface area contributed by atoms with Crippen LogP contribution in [0.4, 0.5) is 0 Å². The molecular formula is C15H20O. The van der Waals surface area contributed by atoms with Gasteiger partial charge in [0, 0.05) is 6.42 Å². The molecule has 0 fully saturated rings. The summed E-state index contributed by atoms with van der Waals surface area (Å²) in [6.07, 6.45) is 8.34. The lowest BCUT2D eigenvalue weighted by Crippen LogP contribution is -2.01. The van der Waals surface area contributed by atoms with Gasteiger partial charge in [0.1, 0.15) is 5.75 Å². The Hall–Kier alpha value is -1.42. The first-order valence-corrected chi connectivity index (χ1v) is 5.87. The van der Waals surface area contributed by atoms with Crippen LogP contribution >= 0.6 is 0 Å². The molecular weight excluding hydrogens is 196 g/mol. The van der Waals surface area contributed by atoms with Crippen LogP contribution in [0.3, 0.4) is 0 Å². The van der Waals surface area contributed by atoms with E-state index in [9.17, 15) is 0 Å². The van der Waals surface area contributed by atoms with E-state index in [1.54, 1.807) is 7.11 Å². The molecule has 0 radical (unpaired) electrons. The fraction of sp³-hybridized carbons (Fsp3) is 0.467. The van der Waals surface area contributed by atoms with Gasteiger partial charge in [-0.25, -0.2) is 0 Å². The van der Waals surface area contributed by atoms with E-state index < -0.39 is 0 Å². The van der Waals surface area contributed by atoms with Gasteiger partial charge in [-0.05, 0) is 42.0 Å². The SMILES string of the molecule is C#CCC(CC)c1ccc(OC)cc1CC. The van der Waals surface area contributed by atoms with Crippen LogP contribution < -0.4 is 4.74 Å². The summed E-state index contributed by atoms with van der Waals surface area (Å²) in [6.45, 7) is 4.35. The monoisotopic (exact) mass is 216 g/mol. The molecule has 0 heterocycles. The Balaban J connectivity index is 3.07. The van der Waals surface area contributed by atoms with Crippen LogP contribution in [-0.4, -0.2) is 7.11 Å². The molecule has 1 nitrogen and oxygen atoms in total. The molecule has 1 heteroatoms. The van der Waals surface area contributed by atoms with Crippen LogP contribution in [0.25, 0.3) is 0 Å². The molecule has 1 aromatic rings. The van der Waals surface area contributed by atoms with Crippen molar-refractivity contribution in [2.75, 3.05) is 7.11 Å². The molecule has 0 spiro atoms. The van der Waals surface area contributed by atoms with Gasteiger partial charge >= 0.3 is 0 Å². The molecule has 0 aliphatic heterocycles. The summed E-state index contributed by atoms with van der Waals surface area (Å²) in [7, 11) is 1.70. The first-order chi connectivity index (χ1) is 7.76. The van der Waals surface area contributed by atoms with Crippen molar-refractivity contribution >= 4 is 0 Å². The molecule has 0 N–H and O–H groups in total. The van der Waals surface area contributed by atoms with Crippen molar-refractivity contribution in [3.8, 4) is 18.1 Å². The van der Waals surface area contributed by atoms with E-state index in [1.165, 1.54) is 11.1 Å². The number of methoxy groups -OCH3 is 1. The van der Waals surface area contributed by atoms with E-state index in [0.29, 0.717) is 5.92 Å². The quantitative estimate of drug-likeness (QED) is 0.681. The molecule has 0 bridgehead atoms. The van der Waals surface area contributed by atoms with Gasteiger partial charge in [-0.15, -0.1) is 12.3 Å². The number of hydrogen-bond acceptors (Lipinski definition) is 1. The van der Waals surface area contributed by atoms with Gasteiger partial charge in [-0.1, -0.05) is 19.9 Å². The lowest BCUT2D eigenvalue weighted by molar-refractivity contribution is 0.414. The second-order valence-electron chi connectivity index (χ2n) is 3.93. The average molecular weight is 216 g/mol. The third kappa shape index (κ3) is 2.79. The maximum Gasteiger partial charge on any atom is 0.119 e. The lowest BCUT2D eigenvalue weighted by Gasteiger charge is -2.17. The molecule has 1 unspecified atom stereocenters. The van der Waals surface area contributed by atoms with Crippen LogP contribution in [0.5, 0.6) is 5.75 Å². The zero-order valence-corrected chi connectivity index (χ0v) is 10.4. The maximum absolute atomic E-state index is 5.42. The maximum atomic E-state index is 5.42. The number of terminal acetylenes is 1. The van der Waals surface area contributed by atoms with Crippen molar-refractivity contribution in [2.24, 2.45) is 0 Å². The van der Waals surface area contributed by atoms with Gasteiger partial charge in [-0.3, -0.25) is 0 Å². The van der Waals surface area contributed by atoms with E-state index in [-0.39, 0.29) is 0 Å². The Morgan fingerprint density at radius 2 is 2.12 bits per heavy atom. The van der Waals surface area contributed by atoms with Gasteiger partial charge in [-0.2, -0.15) is 0 Å². The van der Waals surface area contributed by atoms with Crippen molar-refractivity contribution in [2.45, 2.75) is 39.0 Å². The highest BCUT2D eigenvalue weighted by Crippen LogP contribution is 2.29. The van der Waals surface area contributed by atoms with E-state index in [2.05, 4.69) is 31.9 Å². The van der Waals surface area contributed by atoms with Crippen molar-refractivity contribution in [3.63, 3.8) is 0 Å². The van der Waals surface area contributed by atoms with Gasteiger partial charge in [0.2, 0.25) is 0 Å². The number of aryl methyl sites for hydroxylation is 1. The van der Waals surface area contributed by atoms with Crippen LogP contribution in [0.1, 0.15) is 43.7 Å². The van der Waals surface area contributed by atoms with Crippen molar-refractivity contribution < 1.29 is 4.74 Å². The molecule has 0 saturated heterocycles. The van der Waals surface area contributed by atoms with E-state index in [0.717, 1.165) is 25.0 Å². The predicted octanol–water partition coefficient (Wildman–Crippen LogP) is 3.77. The molecule has 1 rings (SSSR count). The predicted molar refractivity (Wildman–Crippen MR) is 68.9 cm³/mol. The van der Waals surface area contributed by atoms with Gasteiger partial charge < -0.3 is 4.74 Å². The molecule has 0 saturated carbocycles. The largest absolute Gasteiger partial charge is 0.497 e. The van der Waals surface area contributed by atoms with Gasteiger partial charge in [0.15, 0.2) is 0 Å². The minimum atomic E-state index is 0.478. The summed E-state index contributed by atoms with van der Waals surface area (Å²) in [5.74, 6) is 4.17. The molecule has 1 atom stereocenters. The summed E-state index contributed by atoms with van der Waals surface area (Å²) >= 11 is 0. The molecule has 86 valence electrons. The Bertz CT molecular complexity index is 374. The fourth-order valence-corrected chi connectivity index (χ4v) is 2.03. The number of ether oxygens (including phenoxy) is 1. The van der Waals surface area contributed by atoms with Crippen molar-refractivity contribution in [1.82, 2.24) is 0 Å². The first kappa shape index (κ1) is 12.6. The van der Waals surface area contributed by atoms with Crippen LogP contribution in [-0.2, 0) is 6.42 Å². The van der Waals surface area contributed by atoms with Crippen LogP contribution in [0, 0.1) is 12.3 Å². The molecule has 1 aromatic carbocycles. The van der Waals surface area contributed by atoms with E-state index in [1.807, 2.05) is 6.07 Å². The molecule has 0 aliphatic carbocycles. The van der Waals surface area contributed by atoms with Crippen molar-refractivity contribution in [3.05, 3.63) is 29.3 Å². The standard InChI is InChI=1S/C15H20O/c1-5-8-12(6-2)15-10-9-14(16-4)11-13(15)7-3/h1,9-12H,6-8H2,2-4H3. The van der Waals surface area contributed by atoms with Crippen molar-refractivity contribution in [1.29, 1.82) is 0 Å². The third-order valence-electron chi connectivity index (χ3n) is 3.03. The number of hydrogen-bond donors (Lipinski definition) is 0. The third-order valence-corrected chi connectivity index (χ3v) is 3.03. The lowest BCUT2D eigenvalue weighted by atomic mass is 9.89. The van der Waals surface area contributed by atoms with E-state index >= 15 is 0 Å². The fourth-order valence-electron chi connectivity index (χ4n) is 2.03. The Morgan fingerprint density at radius 3 is 2.62 bits per heavy atom. The number of rotatable bonds is 5. The topological polar surface area (TPSA) is 9.23 Å². The highest BCUT2D eigenvalue weighted by molar-refractivity contribution is 5.38. The molecule has 0 aliphatic rings. The summed E-state index contributed by atoms with van der Waals surface area (Å²) in [4.78, 5) is 0. The van der Waals surface area contributed by atoms with Crippen LogP contribution in [0.15, 0.2) is 18.2 Å². The summed E-state index contributed by atoms with van der Waals surface area (Å²) in [6, 6.07) is 6.30. The smallest absolute Gasteiger partial charge is 0.119 e. The Labute approximate surface area is 98.8 Å². The summed E-state index contributed by atoms with van der Waals surface area (Å²) < 4.78 is 5.24. The van der Waals surface area contributed by atoms with Gasteiger partial charge in [0.05, 0.1) is 7.11 Å². The molecule has 0 aromatic heterocycles. The Kier molecular flexibility index (Phi) is 4.92. The zero-order valence-electron chi connectivity index (χ0n) is 10.4. The summed E-state index contributed by atoms with van der Waals surface area (Å²) in [5, 5.41) is 0. The average Bonchev–Trinajstić information content (AvgIpc) is 2.35.